The lowest BCUT2D eigenvalue weighted by atomic mass is 10.2. The van der Waals surface area contributed by atoms with E-state index in [0.717, 1.165) is 4.90 Å². The van der Waals surface area contributed by atoms with Gasteiger partial charge in [-0.1, -0.05) is 0 Å². The molecule has 0 aliphatic heterocycles. The topological polar surface area (TPSA) is 110 Å². The molecule has 25 heavy (non-hydrogen) atoms. The number of aliphatic carboxylic acids is 1. The molecule has 1 aromatic carbocycles. The summed E-state index contributed by atoms with van der Waals surface area (Å²) in [4.78, 5) is 24.4. The monoisotopic (exact) mass is 373 g/mol. The van der Waals surface area contributed by atoms with Crippen molar-refractivity contribution in [3.05, 3.63) is 23.8 Å². The van der Waals surface area contributed by atoms with Crippen LogP contribution in [0.3, 0.4) is 0 Å². The van der Waals surface area contributed by atoms with Gasteiger partial charge in [-0.3, -0.25) is 9.59 Å². The smallest absolute Gasteiger partial charge is 0.323 e. The van der Waals surface area contributed by atoms with Gasteiger partial charge in [0.25, 0.3) is 0 Å². The second-order valence-electron chi connectivity index (χ2n) is 5.72. The van der Waals surface area contributed by atoms with Crippen LogP contribution < -0.4 is 9.47 Å². The SMILES string of the molecule is COc1cc(CN(CC(=O)O)C(=O)CS(=O)(=O)C(C)C)cc(OC)c1. The summed E-state index contributed by atoms with van der Waals surface area (Å²) in [5, 5.41) is 8.30. The van der Waals surface area contributed by atoms with Gasteiger partial charge >= 0.3 is 5.97 Å². The Kier molecular flexibility index (Phi) is 7.22. The largest absolute Gasteiger partial charge is 0.497 e. The van der Waals surface area contributed by atoms with E-state index in [1.165, 1.54) is 28.1 Å². The Labute approximate surface area is 147 Å². The van der Waals surface area contributed by atoms with E-state index in [4.69, 9.17) is 14.6 Å². The van der Waals surface area contributed by atoms with E-state index in [1.807, 2.05) is 0 Å². The van der Waals surface area contributed by atoms with Crippen molar-refractivity contribution in [1.82, 2.24) is 4.90 Å². The maximum Gasteiger partial charge on any atom is 0.323 e. The highest BCUT2D eigenvalue weighted by Gasteiger charge is 2.26. The van der Waals surface area contributed by atoms with Gasteiger partial charge in [0.05, 0.1) is 19.5 Å². The Morgan fingerprint density at radius 2 is 1.64 bits per heavy atom. The van der Waals surface area contributed by atoms with E-state index >= 15 is 0 Å². The molecule has 0 aromatic heterocycles. The van der Waals surface area contributed by atoms with Gasteiger partial charge in [-0.15, -0.1) is 0 Å². The zero-order valence-corrected chi connectivity index (χ0v) is 15.5. The number of carboxylic acids is 1. The molecule has 8 nitrogen and oxygen atoms in total. The molecule has 0 atom stereocenters. The summed E-state index contributed by atoms with van der Waals surface area (Å²) in [5.74, 6) is -1.78. The highest BCUT2D eigenvalue weighted by molar-refractivity contribution is 7.92. The molecular formula is C16H23NO7S. The molecule has 140 valence electrons. The van der Waals surface area contributed by atoms with Crippen LogP contribution >= 0.6 is 0 Å². The quantitative estimate of drug-likeness (QED) is 0.686. The van der Waals surface area contributed by atoms with E-state index in [9.17, 15) is 18.0 Å². The lowest BCUT2D eigenvalue weighted by Gasteiger charge is -2.22. The number of ether oxygens (including phenoxy) is 2. The van der Waals surface area contributed by atoms with Gasteiger partial charge in [-0.25, -0.2) is 8.42 Å². The molecule has 0 heterocycles. The Hall–Kier alpha value is -2.29. The molecule has 1 aromatic rings. The van der Waals surface area contributed by atoms with Crippen molar-refractivity contribution in [2.45, 2.75) is 25.6 Å². The molecule has 0 saturated heterocycles. The first kappa shape index (κ1) is 20.8. The van der Waals surface area contributed by atoms with Crippen molar-refractivity contribution >= 4 is 21.7 Å². The standard InChI is InChI=1S/C16H23NO7S/c1-11(2)25(21,22)10-15(18)17(9-16(19)20)8-12-5-13(23-3)7-14(6-12)24-4/h5-7,11H,8-10H2,1-4H3,(H,19,20). The maximum atomic E-state index is 12.3. The van der Waals surface area contributed by atoms with Crippen molar-refractivity contribution < 1.29 is 32.6 Å². The summed E-state index contributed by atoms with van der Waals surface area (Å²) >= 11 is 0. The van der Waals surface area contributed by atoms with Gasteiger partial charge < -0.3 is 19.5 Å². The molecule has 1 rings (SSSR count). The molecule has 0 fully saturated rings. The van der Waals surface area contributed by atoms with Crippen LogP contribution in [0.1, 0.15) is 19.4 Å². The lowest BCUT2D eigenvalue weighted by molar-refractivity contribution is -0.143. The molecule has 0 bridgehead atoms. The Morgan fingerprint density at radius 1 is 1.12 bits per heavy atom. The third-order valence-corrected chi connectivity index (χ3v) is 5.59. The molecular weight excluding hydrogens is 350 g/mol. The zero-order valence-electron chi connectivity index (χ0n) is 14.7. The number of sulfone groups is 1. The summed E-state index contributed by atoms with van der Waals surface area (Å²) < 4.78 is 34.2. The van der Waals surface area contributed by atoms with Crippen molar-refractivity contribution in [2.24, 2.45) is 0 Å². The molecule has 1 N–H and O–H groups in total. The summed E-state index contributed by atoms with van der Waals surface area (Å²) in [6.07, 6.45) is 0. The Morgan fingerprint density at radius 3 is 2.04 bits per heavy atom. The number of nitrogens with zero attached hydrogens (tertiary/aromatic N) is 1. The molecule has 0 saturated carbocycles. The van der Waals surface area contributed by atoms with E-state index < -0.39 is 39.3 Å². The van der Waals surface area contributed by atoms with Crippen LogP contribution in [0.4, 0.5) is 0 Å². The zero-order chi connectivity index (χ0) is 19.2. The minimum absolute atomic E-state index is 0.0771. The Balaban J connectivity index is 3.08. The first-order valence-corrected chi connectivity index (χ1v) is 9.23. The summed E-state index contributed by atoms with van der Waals surface area (Å²) in [6, 6.07) is 4.89. The fraction of sp³-hybridized carbons (Fsp3) is 0.500. The average Bonchev–Trinajstić information content (AvgIpc) is 2.52. The number of carbonyl (C=O) groups is 2. The second kappa shape index (κ2) is 8.70. The molecule has 0 spiro atoms. The number of benzene rings is 1. The number of carboxylic acid groups (broad SMARTS) is 1. The second-order valence-corrected chi connectivity index (χ2v) is 8.28. The minimum Gasteiger partial charge on any atom is -0.497 e. The number of rotatable bonds is 9. The number of hydrogen-bond acceptors (Lipinski definition) is 6. The summed E-state index contributed by atoms with van der Waals surface area (Å²) in [7, 11) is -0.697. The minimum atomic E-state index is -3.63. The summed E-state index contributed by atoms with van der Waals surface area (Å²) in [5.41, 5.74) is 0.563. The van der Waals surface area contributed by atoms with Crippen LogP contribution in [0.15, 0.2) is 18.2 Å². The number of hydrogen-bond donors (Lipinski definition) is 1. The third-order valence-electron chi connectivity index (χ3n) is 3.51. The first-order chi connectivity index (χ1) is 11.6. The van der Waals surface area contributed by atoms with E-state index in [0.29, 0.717) is 17.1 Å². The van der Waals surface area contributed by atoms with Crippen LogP contribution in [0, 0.1) is 0 Å². The van der Waals surface area contributed by atoms with Crippen molar-refractivity contribution in [3.63, 3.8) is 0 Å². The van der Waals surface area contributed by atoms with Gasteiger partial charge in [-0.2, -0.15) is 0 Å². The number of carbonyl (C=O) groups excluding carboxylic acids is 1. The molecule has 1 amide bonds. The van der Waals surface area contributed by atoms with Crippen molar-refractivity contribution in [3.8, 4) is 11.5 Å². The number of amides is 1. The van der Waals surface area contributed by atoms with Gasteiger partial charge in [0, 0.05) is 12.6 Å². The maximum absolute atomic E-state index is 12.3. The number of methoxy groups -OCH3 is 2. The normalized spacial score (nSPS) is 11.2. The average molecular weight is 373 g/mol. The van der Waals surface area contributed by atoms with E-state index in [2.05, 4.69) is 0 Å². The fourth-order valence-electron chi connectivity index (χ4n) is 2.00. The van der Waals surface area contributed by atoms with Gasteiger partial charge in [-0.05, 0) is 31.5 Å². The van der Waals surface area contributed by atoms with Crippen LogP contribution in [-0.4, -0.2) is 62.1 Å². The van der Waals surface area contributed by atoms with Crippen LogP contribution in [-0.2, 0) is 26.0 Å². The third kappa shape index (κ3) is 6.26. The molecule has 0 aliphatic carbocycles. The van der Waals surface area contributed by atoms with E-state index in [-0.39, 0.29) is 6.54 Å². The van der Waals surface area contributed by atoms with Gasteiger partial charge in [0.1, 0.15) is 23.8 Å². The highest BCUT2D eigenvalue weighted by Crippen LogP contribution is 2.23. The predicted octanol–water partition coefficient (Wildman–Crippen LogP) is 0.940. The summed E-state index contributed by atoms with van der Waals surface area (Å²) in [6.45, 7) is 2.26. The molecule has 9 heteroatoms. The van der Waals surface area contributed by atoms with Gasteiger partial charge in [0.2, 0.25) is 5.91 Å². The van der Waals surface area contributed by atoms with Gasteiger partial charge in [0.15, 0.2) is 9.84 Å². The first-order valence-electron chi connectivity index (χ1n) is 7.52. The van der Waals surface area contributed by atoms with Crippen molar-refractivity contribution in [2.75, 3.05) is 26.5 Å². The molecule has 0 radical (unpaired) electrons. The van der Waals surface area contributed by atoms with E-state index in [1.54, 1.807) is 18.2 Å². The lowest BCUT2D eigenvalue weighted by Crippen LogP contribution is -2.40. The van der Waals surface area contributed by atoms with Crippen LogP contribution in [0.25, 0.3) is 0 Å². The Bertz CT molecular complexity index is 706. The van der Waals surface area contributed by atoms with Crippen LogP contribution in [0.5, 0.6) is 11.5 Å². The van der Waals surface area contributed by atoms with Crippen molar-refractivity contribution in [1.29, 1.82) is 0 Å². The highest BCUT2D eigenvalue weighted by atomic mass is 32.2. The molecule has 0 aliphatic rings. The predicted molar refractivity (Wildman–Crippen MR) is 91.5 cm³/mol. The van der Waals surface area contributed by atoms with Crippen LogP contribution in [0.2, 0.25) is 0 Å². The fourth-order valence-corrected chi connectivity index (χ4v) is 2.86. The molecule has 0 unspecified atom stereocenters.